The van der Waals surface area contributed by atoms with Gasteiger partial charge in [0.05, 0.1) is 10.6 Å². The summed E-state index contributed by atoms with van der Waals surface area (Å²) in [6, 6.07) is 18.9. The number of hydrogen-bond donors (Lipinski definition) is 1. The van der Waals surface area contributed by atoms with E-state index in [1.165, 1.54) is 17.0 Å². The van der Waals surface area contributed by atoms with Crippen LogP contribution >= 0.6 is 23.2 Å². The van der Waals surface area contributed by atoms with Gasteiger partial charge in [-0.1, -0.05) is 72.9 Å². The first-order chi connectivity index (χ1) is 18.6. The minimum atomic E-state index is -4.12. The number of rotatable bonds is 12. The van der Waals surface area contributed by atoms with Crippen molar-refractivity contribution in [1.29, 1.82) is 0 Å². The molecular formula is C29H33Cl2N3O4S. The molecule has 0 aliphatic carbocycles. The van der Waals surface area contributed by atoms with Crippen molar-refractivity contribution in [1.82, 2.24) is 10.2 Å². The number of benzene rings is 3. The van der Waals surface area contributed by atoms with Gasteiger partial charge in [0.2, 0.25) is 11.8 Å². The molecule has 2 amide bonds. The second kappa shape index (κ2) is 13.8. The number of sulfonamides is 1. The molecule has 3 aromatic rings. The summed E-state index contributed by atoms with van der Waals surface area (Å²) >= 11 is 12.8. The van der Waals surface area contributed by atoms with Crippen LogP contribution in [-0.4, -0.2) is 44.3 Å². The quantitative estimate of drug-likeness (QED) is 0.269. The van der Waals surface area contributed by atoms with Crippen molar-refractivity contribution in [2.45, 2.75) is 51.1 Å². The molecule has 3 rings (SSSR count). The number of carbonyl (C=O) groups excluding carboxylic acids is 2. The fraction of sp³-hybridized carbons (Fsp3) is 0.310. The molecule has 1 unspecified atom stereocenters. The monoisotopic (exact) mass is 589 g/mol. The van der Waals surface area contributed by atoms with E-state index in [4.69, 9.17) is 23.2 Å². The molecule has 0 saturated carbocycles. The number of unbranched alkanes of at least 4 members (excludes halogenated alkanes) is 1. The molecule has 1 atom stereocenters. The van der Waals surface area contributed by atoms with Gasteiger partial charge in [-0.2, -0.15) is 0 Å². The maximum Gasteiger partial charge on any atom is 0.264 e. The number of carbonyl (C=O) groups is 2. The van der Waals surface area contributed by atoms with E-state index in [1.54, 1.807) is 61.5 Å². The van der Waals surface area contributed by atoms with Crippen LogP contribution in [0.1, 0.15) is 37.8 Å². The van der Waals surface area contributed by atoms with Crippen molar-refractivity contribution in [3.8, 4) is 0 Å². The maximum atomic E-state index is 13.9. The number of amides is 2. The third-order valence-electron chi connectivity index (χ3n) is 6.29. The van der Waals surface area contributed by atoms with E-state index >= 15 is 0 Å². The fourth-order valence-corrected chi connectivity index (χ4v) is 5.95. The molecule has 0 spiro atoms. The zero-order valence-electron chi connectivity index (χ0n) is 22.2. The Morgan fingerprint density at radius 1 is 0.949 bits per heavy atom. The number of halogens is 2. The van der Waals surface area contributed by atoms with Crippen LogP contribution in [0.25, 0.3) is 0 Å². The molecule has 0 fully saturated rings. The summed E-state index contributed by atoms with van der Waals surface area (Å²) < 4.78 is 28.6. The Kier molecular flexibility index (Phi) is 10.8. The number of aryl methyl sites for hydroxylation is 1. The second-order valence-electron chi connectivity index (χ2n) is 9.21. The molecule has 39 heavy (non-hydrogen) atoms. The molecule has 0 bridgehead atoms. The normalized spacial score (nSPS) is 12.0. The molecule has 0 heterocycles. The number of hydrogen-bond acceptors (Lipinski definition) is 4. The highest BCUT2D eigenvalue weighted by Gasteiger charge is 2.33. The van der Waals surface area contributed by atoms with E-state index in [0.717, 1.165) is 22.7 Å². The van der Waals surface area contributed by atoms with Gasteiger partial charge in [0.15, 0.2) is 0 Å². The summed E-state index contributed by atoms with van der Waals surface area (Å²) in [7, 11) is -4.12. The molecule has 0 radical (unpaired) electrons. The van der Waals surface area contributed by atoms with Gasteiger partial charge >= 0.3 is 0 Å². The predicted molar refractivity (Wildman–Crippen MR) is 157 cm³/mol. The van der Waals surface area contributed by atoms with Crippen molar-refractivity contribution in [2.24, 2.45) is 0 Å². The average Bonchev–Trinajstić information content (AvgIpc) is 2.91. The van der Waals surface area contributed by atoms with Crippen LogP contribution in [0.4, 0.5) is 5.69 Å². The number of nitrogens with one attached hydrogen (secondary N) is 1. The van der Waals surface area contributed by atoms with Gasteiger partial charge in [-0.05, 0) is 62.2 Å². The van der Waals surface area contributed by atoms with Gasteiger partial charge in [-0.25, -0.2) is 8.42 Å². The molecule has 0 saturated heterocycles. The van der Waals surface area contributed by atoms with Crippen LogP contribution in [-0.2, 0) is 26.2 Å². The largest absolute Gasteiger partial charge is 0.354 e. The van der Waals surface area contributed by atoms with Gasteiger partial charge < -0.3 is 10.2 Å². The van der Waals surface area contributed by atoms with Crippen LogP contribution in [0.3, 0.4) is 0 Å². The average molecular weight is 591 g/mol. The van der Waals surface area contributed by atoms with Crippen molar-refractivity contribution in [2.75, 3.05) is 17.4 Å². The van der Waals surface area contributed by atoms with Gasteiger partial charge in [0.1, 0.15) is 12.6 Å². The van der Waals surface area contributed by atoms with E-state index in [2.05, 4.69) is 5.32 Å². The van der Waals surface area contributed by atoms with E-state index in [9.17, 15) is 18.0 Å². The van der Waals surface area contributed by atoms with Gasteiger partial charge in [0, 0.05) is 28.7 Å². The highest BCUT2D eigenvalue weighted by molar-refractivity contribution is 7.92. The minimum Gasteiger partial charge on any atom is -0.354 e. The summed E-state index contributed by atoms with van der Waals surface area (Å²) in [6.07, 6.45) is 1.69. The number of anilines is 1. The van der Waals surface area contributed by atoms with E-state index in [-0.39, 0.29) is 17.3 Å². The zero-order chi connectivity index (χ0) is 28.6. The Morgan fingerprint density at radius 3 is 2.21 bits per heavy atom. The topological polar surface area (TPSA) is 86.8 Å². The number of nitrogens with zero attached hydrogens (tertiary/aromatic N) is 2. The lowest BCUT2D eigenvalue weighted by Crippen LogP contribution is -2.51. The van der Waals surface area contributed by atoms with E-state index in [0.29, 0.717) is 27.8 Å². The lowest BCUT2D eigenvalue weighted by molar-refractivity contribution is -0.139. The third kappa shape index (κ3) is 7.75. The molecule has 10 heteroatoms. The highest BCUT2D eigenvalue weighted by atomic mass is 35.5. The lowest BCUT2D eigenvalue weighted by Gasteiger charge is -2.32. The van der Waals surface area contributed by atoms with Gasteiger partial charge in [-0.3, -0.25) is 13.9 Å². The Morgan fingerprint density at radius 2 is 1.59 bits per heavy atom. The molecule has 0 aromatic heterocycles. The Bertz CT molecular complexity index is 1380. The van der Waals surface area contributed by atoms with Crippen LogP contribution in [0.2, 0.25) is 10.0 Å². The molecule has 7 nitrogen and oxygen atoms in total. The van der Waals surface area contributed by atoms with Gasteiger partial charge in [-0.15, -0.1) is 0 Å². The first-order valence-electron chi connectivity index (χ1n) is 12.7. The van der Waals surface area contributed by atoms with Crippen LogP contribution in [0.15, 0.2) is 77.7 Å². The van der Waals surface area contributed by atoms with Crippen molar-refractivity contribution in [3.63, 3.8) is 0 Å². The van der Waals surface area contributed by atoms with E-state index < -0.39 is 28.5 Å². The summed E-state index contributed by atoms with van der Waals surface area (Å²) in [5, 5.41) is 3.53. The minimum absolute atomic E-state index is 0.0466. The molecule has 1 N–H and O–H groups in total. The Hall–Kier alpha value is -3.07. The van der Waals surface area contributed by atoms with Crippen molar-refractivity contribution in [3.05, 3.63) is 94.0 Å². The maximum absolute atomic E-state index is 13.9. The molecule has 208 valence electrons. The van der Waals surface area contributed by atoms with Crippen LogP contribution in [0, 0.1) is 6.92 Å². The summed E-state index contributed by atoms with van der Waals surface area (Å²) in [5.41, 5.74) is 1.63. The second-order valence-corrected chi connectivity index (χ2v) is 11.9. The smallest absolute Gasteiger partial charge is 0.264 e. The molecule has 3 aromatic carbocycles. The molecular weight excluding hydrogens is 557 g/mol. The Balaban J connectivity index is 2.03. The first kappa shape index (κ1) is 30.5. The fourth-order valence-electron chi connectivity index (χ4n) is 4.00. The van der Waals surface area contributed by atoms with Crippen LogP contribution < -0.4 is 9.62 Å². The summed E-state index contributed by atoms with van der Waals surface area (Å²) in [6.45, 7) is 5.31. The predicted octanol–water partition coefficient (Wildman–Crippen LogP) is 5.83. The standard InChI is InChI=1S/C29H33Cl2N3O4S/c1-4-5-17-32-29(36)22(3)33(19-25-26(30)15-10-16-27(25)31)28(35)20-34(23-12-9-11-21(2)18-23)39(37,38)24-13-7-6-8-14-24/h6-16,18,22H,4-5,17,19-20H2,1-3H3,(H,32,36). The highest BCUT2D eigenvalue weighted by Crippen LogP contribution is 2.28. The lowest BCUT2D eigenvalue weighted by atomic mass is 10.1. The first-order valence-corrected chi connectivity index (χ1v) is 14.9. The van der Waals surface area contributed by atoms with E-state index in [1.807, 2.05) is 19.9 Å². The molecule has 0 aliphatic heterocycles. The Labute approximate surface area is 240 Å². The van der Waals surface area contributed by atoms with Gasteiger partial charge in [0.25, 0.3) is 10.0 Å². The van der Waals surface area contributed by atoms with Crippen molar-refractivity contribution >= 4 is 50.7 Å². The summed E-state index contributed by atoms with van der Waals surface area (Å²) in [4.78, 5) is 28.3. The SMILES string of the molecule is CCCCNC(=O)C(C)N(Cc1c(Cl)cccc1Cl)C(=O)CN(c1cccc(C)c1)S(=O)(=O)c1ccccc1. The summed E-state index contributed by atoms with van der Waals surface area (Å²) in [5.74, 6) is -0.932. The van der Waals surface area contributed by atoms with Crippen LogP contribution in [0.5, 0.6) is 0 Å². The van der Waals surface area contributed by atoms with Crippen molar-refractivity contribution < 1.29 is 18.0 Å². The zero-order valence-corrected chi connectivity index (χ0v) is 24.6. The molecule has 0 aliphatic rings. The third-order valence-corrected chi connectivity index (χ3v) is 8.78.